The number of hydrogen-bond acceptors (Lipinski definition) is 4. The number of amides is 2. The summed E-state index contributed by atoms with van der Waals surface area (Å²) in [7, 11) is 0. The molecule has 0 atom stereocenters. The van der Waals surface area contributed by atoms with Crippen LogP contribution in [0.4, 0.5) is 5.69 Å². The zero-order valence-corrected chi connectivity index (χ0v) is 21.5. The monoisotopic (exact) mass is 484 g/mol. The van der Waals surface area contributed by atoms with E-state index in [2.05, 4.69) is 5.32 Å². The van der Waals surface area contributed by atoms with Gasteiger partial charge in [-0.25, -0.2) is 0 Å². The van der Waals surface area contributed by atoms with E-state index in [1.54, 1.807) is 24.3 Å². The van der Waals surface area contributed by atoms with Crippen molar-refractivity contribution >= 4 is 52.5 Å². The molecule has 0 bridgehead atoms. The van der Waals surface area contributed by atoms with E-state index >= 15 is 0 Å². The fourth-order valence-electron chi connectivity index (χ4n) is 3.66. The summed E-state index contributed by atoms with van der Waals surface area (Å²) in [5.41, 5.74) is 2.73. The van der Waals surface area contributed by atoms with E-state index < -0.39 is 11.8 Å². The molecule has 1 aliphatic rings. The van der Waals surface area contributed by atoms with E-state index in [0.29, 0.717) is 16.3 Å². The quantitative estimate of drug-likeness (QED) is 0.322. The number of aryl methyl sites for hydroxylation is 1. The summed E-state index contributed by atoms with van der Waals surface area (Å²) >= 11 is 11.5. The second-order valence-corrected chi connectivity index (χ2v) is 11.1. The van der Waals surface area contributed by atoms with Gasteiger partial charge in [0, 0.05) is 16.1 Å². The zero-order chi connectivity index (χ0) is 24.9. The molecule has 0 radical (unpaired) electrons. The van der Waals surface area contributed by atoms with Crippen molar-refractivity contribution in [1.29, 1.82) is 0 Å². The Labute approximate surface area is 205 Å². The van der Waals surface area contributed by atoms with Gasteiger partial charge in [0.05, 0.1) is 5.69 Å². The average molecular weight is 485 g/mol. The number of carbonyl (C=O) groups excluding carboxylic acids is 2. The molecule has 2 amide bonds. The zero-order valence-electron chi connectivity index (χ0n) is 20.0. The molecule has 1 saturated heterocycles. The highest BCUT2D eigenvalue weighted by atomic mass is 35.5. The number of nitrogens with one attached hydrogen (secondary N) is 1. The second kappa shape index (κ2) is 8.58. The number of phenols is 1. The molecule has 3 rings (SSSR count). The number of anilines is 1. The lowest BCUT2D eigenvalue weighted by Gasteiger charge is -2.30. The van der Waals surface area contributed by atoms with Crippen LogP contribution in [0.15, 0.2) is 35.9 Å². The van der Waals surface area contributed by atoms with Gasteiger partial charge in [-0.1, -0.05) is 59.2 Å². The van der Waals surface area contributed by atoms with E-state index in [1.807, 2.05) is 60.6 Å². The molecule has 174 valence electrons. The van der Waals surface area contributed by atoms with Crippen molar-refractivity contribution in [2.24, 2.45) is 0 Å². The van der Waals surface area contributed by atoms with Gasteiger partial charge in [-0.3, -0.25) is 19.8 Å². The van der Waals surface area contributed by atoms with Crippen molar-refractivity contribution in [1.82, 2.24) is 5.32 Å². The third-order valence-corrected chi connectivity index (χ3v) is 6.27. The first-order chi connectivity index (χ1) is 15.1. The number of halogens is 1. The van der Waals surface area contributed by atoms with Crippen LogP contribution >= 0.6 is 23.8 Å². The first-order valence-electron chi connectivity index (χ1n) is 10.7. The minimum absolute atomic E-state index is 0.00135. The Kier molecular flexibility index (Phi) is 6.48. The fourth-order valence-corrected chi connectivity index (χ4v) is 4.12. The maximum atomic E-state index is 13.4. The highest BCUT2D eigenvalue weighted by molar-refractivity contribution is 7.80. The van der Waals surface area contributed by atoms with Gasteiger partial charge in [0.1, 0.15) is 11.3 Å². The Balaban J connectivity index is 2.16. The third-order valence-electron chi connectivity index (χ3n) is 5.57. The SMILES string of the molecule is Cc1ccc(N2C(=O)/C(=C/c3cc(C(C)(C)C)c(O)c(C(C)(C)C)c3)C(=O)NC2=S)cc1Cl. The van der Waals surface area contributed by atoms with Gasteiger partial charge >= 0.3 is 0 Å². The number of hydrogen-bond donors (Lipinski definition) is 2. The molecule has 2 N–H and O–H groups in total. The molecule has 0 saturated carbocycles. The average Bonchev–Trinajstić information content (AvgIpc) is 2.67. The minimum Gasteiger partial charge on any atom is -0.507 e. The smallest absolute Gasteiger partial charge is 0.270 e. The number of carbonyl (C=O) groups is 2. The van der Waals surface area contributed by atoms with Crippen LogP contribution in [0.25, 0.3) is 6.08 Å². The molecule has 7 heteroatoms. The van der Waals surface area contributed by atoms with E-state index in [1.165, 1.54) is 4.90 Å². The summed E-state index contributed by atoms with van der Waals surface area (Å²) in [6.07, 6.45) is 1.55. The van der Waals surface area contributed by atoms with Crippen LogP contribution in [0.5, 0.6) is 5.75 Å². The van der Waals surface area contributed by atoms with Gasteiger partial charge in [0.15, 0.2) is 5.11 Å². The second-order valence-electron chi connectivity index (χ2n) is 10.4. The Hall–Kier alpha value is -2.70. The minimum atomic E-state index is -0.567. The summed E-state index contributed by atoms with van der Waals surface area (Å²) in [4.78, 5) is 27.4. The first kappa shape index (κ1) is 24.9. The van der Waals surface area contributed by atoms with Gasteiger partial charge in [-0.15, -0.1) is 0 Å². The Morgan fingerprint density at radius 1 is 1.00 bits per heavy atom. The van der Waals surface area contributed by atoms with Crippen molar-refractivity contribution in [3.8, 4) is 5.75 Å². The number of phenolic OH excluding ortho intramolecular Hbond substituents is 1. The van der Waals surface area contributed by atoms with E-state index in [4.69, 9.17) is 23.8 Å². The molecule has 0 aromatic heterocycles. The predicted octanol–water partition coefficient (Wildman–Crippen LogP) is 5.78. The van der Waals surface area contributed by atoms with Crippen LogP contribution in [0, 0.1) is 6.92 Å². The lowest BCUT2D eigenvalue weighted by Crippen LogP contribution is -2.54. The van der Waals surface area contributed by atoms with Gasteiger partial charge in [0.25, 0.3) is 11.8 Å². The van der Waals surface area contributed by atoms with Crippen LogP contribution in [0.1, 0.15) is 63.8 Å². The Morgan fingerprint density at radius 3 is 2.03 bits per heavy atom. The molecule has 0 spiro atoms. The number of aromatic hydroxyl groups is 1. The predicted molar refractivity (Wildman–Crippen MR) is 138 cm³/mol. The molecule has 1 fully saturated rings. The van der Waals surface area contributed by atoms with Crippen LogP contribution in [-0.2, 0) is 20.4 Å². The topological polar surface area (TPSA) is 69.6 Å². The number of benzene rings is 2. The molecular weight excluding hydrogens is 456 g/mol. The molecule has 0 unspecified atom stereocenters. The van der Waals surface area contributed by atoms with Gasteiger partial charge in [-0.2, -0.15) is 0 Å². The first-order valence-corrected chi connectivity index (χ1v) is 11.5. The molecule has 1 heterocycles. The van der Waals surface area contributed by atoms with E-state index in [-0.39, 0.29) is 27.3 Å². The molecule has 2 aromatic rings. The number of thiocarbonyl (C=S) groups is 1. The third kappa shape index (κ3) is 4.97. The highest BCUT2D eigenvalue weighted by Gasteiger charge is 2.35. The lowest BCUT2D eigenvalue weighted by atomic mass is 9.78. The summed E-state index contributed by atoms with van der Waals surface area (Å²) < 4.78 is 0. The van der Waals surface area contributed by atoms with Crippen LogP contribution in [-0.4, -0.2) is 22.0 Å². The van der Waals surface area contributed by atoms with Crippen LogP contribution < -0.4 is 10.2 Å². The Bertz CT molecular complexity index is 1170. The van der Waals surface area contributed by atoms with Gasteiger partial charge < -0.3 is 5.11 Å². The maximum Gasteiger partial charge on any atom is 0.270 e. The molecule has 1 aliphatic heterocycles. The van der Waals surface area contributed by atoms with E-state index in [0.717, 1.165) is 16.7 Å². The van der Waals surface area contributed by atoms with Crippen molar-refractivity contribution in [2.45, 2.75) is 59.3 Å². The Morgan fingerprint density at radius 2 is 1.55 bits per heavy atom. The summed E-state index contributed by atoms with van der Waals surface area (Å²) in [5.74, 6) is -0.873. The van der Waals surface area contributed by atoms with Crippen LogP contribution in [0.3, 0.4) is 0 Å². The van der Waals surface area contributed by atoms with Gasteiger partial charge in [0.2, 0.25) is 0 Å². The highest BCUT2D eigenvalue weighted by Crippen LogP contribution is 2.40. The van der Waals surface area contributed by atoms with Gasteiger partial charge in [-0.05, 0) is 71.4 Å². The summed E-state index contributed by atoms with van der Waals surface area (Å²) in [5, 5.41) is 14.1. The van der Waals surface area contributed by atoms with Crippen molar-refractivity contribution < 1.29 is 14.7 Å². The van der Waals surface area contributed by atoms with Crippen molar-refractivity contribution in [3.05, 3.63) is 63.2 Å². The number of nitrogens with zero attached hydrogens (tertiary/aromatic N) is 1. The molecule has 5 nitrogen and oxygen atoms in total. The molecule has 33 heavy (non-hydrogen) atoms. The molecule has 0 aliphatic carbocycles. The largest absolute Gasteiger partial charge is 0.507 e. The number of rotatable bonds is 2. The molecular formula is C26H29ClN2O3S. The van der Waals surface area contributed by atoms with Crippen LogP contribution in [0.2, 0.25) is 5.02 Å². The summed E-state index contributed by atoms with van der Waals surface area (Å²) in [6.45, 7) is 13.9. The van der Waals surface area contributed by atoms with Crippen molar-refractivity contribution in [2.75, 3.05) is 4.90 Å². The lowest BCUT2D eigenvalue weighted by molar-refractivity contribution is -0.122. The van der Waals surface area contributed by atoms with Crippen molar-refractivity contribution in [3.63, 3.8) is 0 Å². The normalized spacial score (nSPS) is 16.4. The fraction of sp³-hybridized carbons (Fsp3) is 0.346. The molecule has 2 aromatic carbocycles. The maximum absolute atomic E-state index is 13.4. The standard InChI is InChI=1S/C26H29ClN2O3S/c1-14-8-9-16(13-20(14)27)29-23(32)17(22(31)28-24(29)33)10-15-11-18(25(2,3)4)21(30)19(12-15)26(5,6)7/h8-13,30H,1-7H3,(H,28,31,33)/b17-10+. The van der Waals surface area contributed by atoms with E-state index in [9.17, 15) is 14.7 Å². The summed E-state index contributed by atoms with van der Waals surface area (Å²) in [6, 6.07) is 8.80.